The van der Waals surface area contributed by atoms with Crippen molar-refractivity contribution in [3.05, 3.63) is 69.2 Å². The van der Waals surface area contributed by atoms with E-state index in [2.05, 4.69) is 4.98 Å². The Hall–Kier alpha value is -3.39. The smallest absolute Gasteiger partial charge is 0.289 e. The molecule has 0 saturated carbocycles. The maximum atomic E-state index is 12.8. The third-order valence-corrected chi connectivity index (χ3v) is 5.06. The zero-order chi connectivity index (χ0) is 20.5. The zero-order valence-electron chi connectivity index (χ0n) is 15.3. The Balaban J connectivity index is 1.47. The van der Waals surface area contributed by atoms with E-state index >= 15 is 0 Å². The van der Waals surface area contributed by atoms with E-state index in [4.69, 9.17) is 21.8 Å². The molecular weight excluding hydrogens is 396 g/mol. The van der Waals surface area contributed by atoms with Crippen molar-refractivity contribution < 1.29 is 14.0 Å². The summed E-state index contributed by atoms with van der Waals surface area (Å²) in [5.41, 5.74) is 5.58. The van der Waals surface area contributed by atoms with Gasteiger partial charge in [-0.1, -0.05) is 11.6 Å². The third-order valence-electron chi connectivity index (χ3n) is 4.82. The number of hydrogen-bond acceptors (Lipinski definition) is 6. The third kappa shape index (κ3) is 3.79. The standard InChI is InChI=1S/C20H17ClN4O4/c21-13-2-3-16-14(9-13)15(26)10-17(29-16)20(28)25-7-5-24(6-8-25)18-4-1-12(11-23-18)19(22)27/h1-4,9-11H,5-8H2,(H2,22,27). The van der Waals surface area contributed by atoms with E-state index in [0.717, 1.165) is 0 Å². The van der Waals surface area contributed by atoms with Crippen LogP contribution in [0.3, 0.4) is 0 Å². The fourth-order valence-electron chi connectivity index (χ4n) is 3.25. The molecular formula is C20H17ClN4O4. The van der Waals surface area contributed by atoms with Gasteiger partial charge in [0, 0.05) is 43.5 Å². The molecule has 8 nitrogen and oxygen atoms in total. The maximum Gasteiger partial charge on any atom is 0.289 e. The van der Waals surface area contributed by atoms with Crippen molar-refractivity contribution in [3.63, 3.8) is 0 Å². The largest absolute Gasteiger partial charge is 0.451 e. The molecule has 29 heavy (non-hydrogen) atoms. The minimum Gasteiger partial charge on any atom is -0.451 e. The lowest BCUT2D eigenvalue weighted by Crippen LogP contribution is -2.49. The van der Waals surface area contributed by atoms with Crippen LogP contribution >= 0.6 is 11.6 Å². The predicted molar refractivity (Wildman–Crippen MR) is 108 cm³/mol. The summed E-state index contributed by atoms with van der Waals surface area (Å²) in [5, 5.41) is 0.766. The SMILES string of the molecule is NC(=O)c1ccc(N2CCN(C(=O)c3cc(=O)c4cc(Cl)ccc4o3)CC2)nc1. The van der Waals surface area contributed by atoms with Crippen LogP contribution in [-0.4, -0.2) is 47.9 Å². The van der Waals surface area contributed by atoms with Gasteiger partial charge in [0.05, 0.1) is 10.9 Å². The number of halogens is 1. The summed E-state index contributed by atoms with van der Waals surface area (Å²) in [6.07, 6.45) is 1.44. The van der Waals surface area contributed by atoms with E-state index in [9.17, 15) is 14.4 Å². The second kappa shape index (κ2) is 7.56. The van der Waals surface area contributed by atoms with Gasteiger partial charge >= 0.3 is 0 Å². The molecule has 0 unspecified atom stereocenters. The second-order valence-corrected chi connectivity index (χ2v) is 7.10. The molecule has 0 radical (unpaired) electrons. The highest BCUT2D eigenvalue weighted by Gasteiger charge is 2.25. The Bertz CT molecular complexity index is 1150. The quantitative estimate of drug-likeness (QED) is 0.703. The summed E-state index contributed by atoms with van der Waals surface area (Å²) in [4.78, 5) is 44.2. The van der Waals surface area contributed by atoms with Crippen LogP contribution in [-0.2, 0) is 0 Å². The highest BCUT2D eigenvalue weighted by Crippen LogP contribution is 2.20. The van der Waals surface area contributed by atoms with Crippen LogP contribution in [0.1, 0.15) is 20.9 Å². The average Bonchev–Trinajstić information content (AvgIpc) is 2.74. The minimum absolute atomic E-state index is 0.00204. The number of carbonyl (C=O) groups excluding carboxylic acids is 2. The number of nitrogens with two attached hydrogens (primary N) is 1. The van der Waals surface area contributed by atoms with E-state index in [1.165, 1.54) is 18.3 Å². The van der Waals surface area contributed by atoms with Crippen LogP contribution in [0.2, 0.25) is 5.02 Å². The van der Waals surface area contributed by atoms with Crippen molar-refractivity contribution in [1.29, 1.82) is 0 Å². The number of anilines is 1. The Morgan fingerprint density at radius 2 is 1.83 bits per heavy atom. The van der Waals surface area contributed by atoms with E-state index in [1.54, 1.807) is 29.2 Å². The van der Waals surface area contributed by atoms with Crippen molar-refractivity contribution in [1.82, 2.24) is 9.88 Å². The Labute approximate surface area is 170 Å². The number of nitrogens with zero attached hydrogens (tertiary/aromatic N) is 3. The normalized spacial score (nSPS) is 14.2. The number of amides is 2. The molecule has 1 fully saturated rings. The number of pyridine rings is 1. The summed E-state index contributed by atoms with van der Waals surface area (Å²) in [5.74, 6) is -0.160. The van der Waals surface area contributed by atoms with Crippen LogP contribution in [0, 0.1) is 0 Å². The molecule has 9 heteroatoms. The van der Waals surface area contributed by atoms with Gasteiger partial charge in [0.1, 0.15) is 11.4 Å². The maximum absolute atomic E-state index is 12.8. The number of benzene rings is 1. The molecule has 3 heterocycles. The van der Waals surface area contributed by atoms with E-state index in [0.29, 0.717) is 53.6 Å². The Morgan fingerprint density at radius 3 is 2.48 bits per heavy atom. The number of fused-ring (bicyclic) bond motifs is 1. The Kier molecular flexibility index (Phi) is 4.94. The molecule has 2 amide bonds. The molecule has 0 aliphatic carbocycles. The summed E-state index contributed by atoms with van der Waals surface area (Å²) >= 11 is 5.91. The van der Waals surface area contributed by atoms with Gasteiger partial charge in [-0.05, 0) is 30.3 Å². The Morgan fingerprint density at radius 1 is 1.07 bits per heavy atom. The zero-order valence-corrected chi connectivity index (χ0v) is 16.1. The fourth-order valence-corrected chi connectivity index (χ4v) is 3.42. The number of rotatable bonds is 3. The first-order valence-corrected chi connectivity index (χ1v) is 9.33. The van der Waals surface area contributed by atoms with Crippen LogP contribution in [0.5, 0.6) is 0 Å². The lowest BCUT2D eigenvalue weighted by Gasteiger charge is -2.35. The number of primary amides is 1. The molecule has 2 aromatic heterocycles. The summed E-state index contributed by atoms with van der Waals surface area (Å²) in [7, 11) is 0. The molecule has 148 valence electrons. The van der Waals surface area contributed by atoms with Gasteiger partial charge in [0.2, 0.25) is 5.91 Å². The van der Waals surface area contributed by atoms with Gasteiger partial charge < -0.3 is 20.0 Å². The van der Waals surface area contributed by atoms with E-state index in [1.807, 2.05) is 4.90 Å². The highest BCUT2D eigenvalue weighted by atomic mass is 35.5. The van der Waals surface area contributed by atoms with Gasteiger partial charge in [-0.15, -0.1) is 0 Å². The minimum atomic E-state index is -0.529. The lowest BCUT2D eigenvalue weighted by atomic mass is 10.2. The monoisotopic (exact) mass is 412 g/mol. The van der Waals surface area contributed by atoms with Crippen LogP contribution in [0.4, 0.5) is 5.82 Å². The van der Waals surface area contributed by atoms with E-state index in [-0.39, 0.29) is 17.1 Å². The van der Waals surface area contributed by atoms with Crippen molar-refractivity contribution in [2.75, 3.05) is 31.1 Å². The van der Waals surface area contributed by atoms with E-state index < -0.39 is 5.91 Å². The van der Waals surface area contributed by atoms with Gasteiger partial charge in [-0.3, -0.25) is 14.4 Å². The van der Waals surface area contributed by atoms with Crippen molar-refractivity contribution in [2.24, 2.45) is 5.73 Å². The van der Waals surface area contributed by atoms with Gasteiger partial charge in [0.25, 0.3) is 5.91 Å². The van der Waals surface area contributed by atoms with Gasteiger partial charge in [-0.25, -0.2) is 4.98 Å². The average molecular weight is 413 g/mol. The number of carbonyl (C=O) groups is 2. The molecule has 3 aromatic rings. The molecule has 1 saturated heterocycles. The molecule has 0 atom stereocenters. The molecule has 0 bridgehead atoms. The fraction of sp³-hybridized carbons (Fsp3) is 0.200. The number of piperazine rings is 1. The lowest BCUT2D eigenvalue weighted by molar-refractivity contribution is 0.0715. The first-order valence-electron chi connectivity index (χ1n) is 8.96. The second-order valence-electron chi connectivity index (χ2n) is 6.66. The van der Waals surface area contributed by atoms with Crippen molar-refractivity contribution in [3.8, 4) is 0 Å². The van der Waals surface area contributed by atoms with Gasteiger partial charge in [0.15, 0.2) is 11.2 Å². The molecule has 4 rings (SSSR count). The molecule has 1 aromatic carbocycles. The molecule has 2 N–H and O–H groups in total. The van der Waals surface area contributed by atoms with Crippen molar-refractivity contribution >= 4 is 40.2 Å². The van der Waals surface area contributed by atoms with Crippen molar-refractivity contribution in [2.45, 2.75) is 0 Å². The van der Waals surface area contributed by atoms with Gasteiger partial charge in [-0.2, -0.15) is 0 Å². The predicted octanol–water partition coefficient (Wildman–Crippen LogP) is 1.90. The molecule has 1 aliphatic heterocycles. The molecule has 0 spiro atoms. The van der Waals surface area contributed by atoms with Crippen LogP contribution < -0.4 is 16.1 Å². The first-order chi connectivity index (χ1) is 13.9. The molecule has 1 aliphatic rings. The van der Waals surface area contributed by atoms with Crippen LogP contribution in [0.15, 0.2) is 51.8 Å². The number of hydrogen-bond donors (Lipinski definition) is 1. The van der Waals surface area contributed by atoms with Crippen LogP contribution in [0.25, 0.3) is 11.0 Å². The number of aromatic nitrogens is 1. The first kappa shape index (κ1) is 18.9. The highest BCUT2D eigenvalue weighted by molar-refractivity contribution is 6.31. The topological polar surface area (TPSA) is 110 Å². The summed E-state index contributed by atoms with van der Waals surface area (Å²) in [6.45, 7) is 2.01. The summed E-state index contributed by atoms with van der Waals surface area (Å²) in [6, 6.07) is 9.26. The summed E-state index contributed by atoms with van der Waals surface area (Å²) < 4.78 is 5.64.